The van der Waals surface area contributed by atoms with Gasteiger partial charge in [-0.15, -0.1) is 0 Å². The van der Waals surface area contributed by atoms with Crippen molar-refractivity contribution in [3.63, 3.8) is 0 Å². The fraction of sp³-hybridized carbons (Fsp3) is 0.364. The predicted octanol–water partition coefficient (Wildman–Crippen LogP) is 1.68. The van der Waals surface area contributed by atoms with Gasteiger partial charge in [-0.1, -0.05) is 22.0 Å². The van der Waals surface area contributed by atoms with E-state index in [1.807, 2.05) is 18.2 Å². The summed E-state index contributed by atoms with van der Waals surface area (Å²) in [6, 6.07) is 5.52. The van der Waals surface area contributed by atoms with Gasteiger partial charge < -0.3 is 10.1 Å². The predicted molar refractivity (Wildman–Crippen MR) is 65.4 cm³/mol. The Hall–Kier alpha value is -0.910. The van der Waals surface area contributed by atoms with Crippen LogP contribution in [0.25, 0.3) is 0 Å². The Bertz CT molecular complexity index is 409. The van der Waals surface area contributed by atoms with Gasteiger partial charge in [-0.3, -0.25) is 10.1 Å². The summed E-state index contributed by atoms with van der Waals surface area (Å²) < 4.78 is 5.90. The van der Waals surface area contributed by atoms with Gasteiger partial charge in [0.1, 0.15) is 6.04 Å². The van der Waals surface area contributed by atoms with Crippen molar-refractivity contribution in [3.05, 3.63) is 28.2 Å². The number of hydrogen-bond donors (Lipinski definition) is 2. The molecule has 0 saturated carbocycles. The molecule has 0 spiro atoms. The zero-order chi connectivity index (χ0) is 11.5. The maximum absolute atomic E-state index is 11.7. The molecular weight excluding hydrogens is 272 g/mol. The molecule has 0 fully saturated rings. The van der Waals surface area contributed by atoms with Gasteiger partial charge in [-0.2, -0.15) is 0 Å². The van der Waals surface area contributed by atoms with Crippen LogP contribution < -0.4 is 10.6 Å². The van der Waals surface area contributed by atoms with Crippen molar-refractivity contribution >= 4 is 27.5 Å². The van der Waals surface area contributed by atoms with Crippen LogP contribution in [-0.2, 0) is 9.53 Å². The van der Waals surface area contributed by atoms with Gasteiger partial charge in [0, 0.05) is 29.4 Å². The van der Waals surface area contributed by atoms with Crippen LogP contribution in [0.2, 0.25) is 0 Å². The molecule has 1 amide bonds. The van der Waals surface area contributed by atoms with Gasteiger partial charge in [-0.05, 0) is 12.1 Å². The summed E-state index contributed by atoms with van der Waals surface area (Å²) in [4.78, 5) is 11.7. The highest BCUT2D eigenvalue weighted by Crippen LogP contribution is 2.32. The van der Waals surface area contributed by atoms with Crippen molar-refractivity contribution in [2.24, 2.45) is 0 Å². The zero-order valence-electron chi connectivity index (χ0n) is 8.92. The van der Waals surface area contributed by atoms with E-state index in [0.29, 0.717) is 13.2 Å². The van der Waals surface area contributed by atoms with Crippen molar-refractivity contribution in [1.82, 2.24) is 5.32 Å². The number of hydrogen-bond acceptors (Lipinski definition) is 3. The van der Waals surface area contributed by atoms with Crippen LogP contribution in [0.4, 0.5) is 5.69 Å². The lowest BCUT2D eigenvalue weighted by molar-refractivity contribution is -0.117. The van der Waals surface area contributed by atoms with Crippen LogP contribution in [0, 0.1) is 0 Å². The Balaban J connectivity index is 2.13. The van der Waals surface area contributed by atoms with E-state index in [9.17, 15) is 4.79 Å². The number of fused-ring (bicyclic) bond motifs is 1. The van der Waals surface area contributed by atoms with Gasteiger partial charge in [0.15, 0.2) is 0 Å². The molecule has 1 atom stereocenters. The van der Waals surface area contributed by atoms with Crippen LogP contribution in [0.5, 0.6) is 0 Å². The smallest absolute Gasteiger partial charge is 0.246 e. The number of ether oxygens (including phenoxy) is 1. The summed E-state index contributed by atoms with van der Waals surface area (Å²) in [6.07, 6.45) is 0. The second-order valence-corrected chi connectivity index (χ2v) is 4.52. The fourth-order valence-corrected chi connectivity index (χ4v) is 2.10. The minimum absolute atomic E-state index is 0.01000. The molecule has 1 heterocycles. The summed E-state index contributed by atoms with van der Waals surface area (Å²) in [5.74, 6) is -0.01000. The number of halogens is 1. The first-order valence-electron chi connectivity index (χ1n) is 5.05. The number of benzene rings is 1. The highest BCUT2D eigenvalue weighted by molar-refractivity contribution is 9.10. The highest BCUT2D eigenvalue weighted by Gasteiger charge is 2.29. The summed E-state index contributed by atoms with van der Waals surface area (Å²) in [5.41, 5.74) is 1.86. The number of carbonyl (C=O) groups excluding carboxylic acids is 1. The van der Waals surface area contributed by atoms with Crippen molar-refractivity contribution in [2.75, 3.05) is 25.6 Å². The van der Waals surface area contributed by atoms with Crippen LogP contribution in [0.3, 0.4) is 0 Å². The molecule has 1 aliphatic rings. The second-order valence-electron chi connectivity index (χ2n) is 3.60. The Morgan fingerprint density at radius 1 is 1.56 bits per heavy atom. The Labute approximate surface area is 102 Å². The third kappa shape index (κ3) is 2.26. The summed E-state index contributed by atoms with van der Waals surface area (Å²) >= 11 is 3.38. The summed E-state index contributed by atoms with van der Waals surface area (Å²) in [7, 11) is 1.64. The first-order chi connectivity index (χ1) is 7.72. The van der Waals surface area contributed by atoms with E-state index in [2.05, 4.69) is 26.6 Å². The van der Waals surface area contributed by atoms with E-state index in [1.165, 1.54) is 0 Å². The van der Waals surface area contributed by atoms with Crippen molar-refractivity contribution in [2.45, 2.75) is 6.04 Å². The zero-order valence-corrected chi connectivity index (χ0v) is 10.5. The first-order valence-corrected chi connectivity index (χ1v) is 5.84. The molecule has 1 aliphatic heterocycles. The number of anilines is 1. The van der Waals surface area contributed by atoms with Crippen LogP contribution in [0.1, 0.15) is 11.6 Å². The average Bonchev–Trinajstić information content (AvgIpc) is 2.55. The average molecular weight is 285 g/mol. The SMILES string of the molecule is COCCNC1C(=O)Nc2cc(Br)ccc21. The van der Waals surface area contributed by atoms with E-state index in [0.717, 1.165) is 15.7 Å². The minimum atomic E-state index is -0.266. The van der Waals surface area contributed by atoms with Gasteiger partial charge >= 0.3 is 0 Å². The molecule has 1 aromatic carbocycles. The van der Waals surface area contributed by atoms with Crippen LogP contribution in [0.15, 0.2) is 22.7 Å². The van der Waals surface area contributed by atoms with Gasteiger partial charge in [0.05, 0.1) is 6.61 Å². The van der Waals surface area contributed by atoms with E-state index < -0.39 is 0 Å². The third-order valence-electron chi connectivity index (χ3n) is 2.50. The van der Waals surface area contributed by atoms with E-state index in [1.54, 1.807) is 7.11 Å². The van der Waals surface area contributed by atoms with Crippen LogP contribution >= 0.6 is 15.9 Å². The molecular formula is C11H13BrN2O2. The maximum atomic E-state index is 11.7. The quantitative estimate of drug-likeness (QED) is 0.828. The second kappa shape index (κ2) is 4.95. The number of nitrogens with one attached hydrogen (secondary N) is 2. The molecule has 2 rings (SSSR count). The van der Waals surface area contributed by atoms with E-state index >= 15 is 0 Å². The number of rotatable bonds is 4. The maximum Gasteiger partial charge on any atom is 0.246 e. The lowest BCUT2D eigenvalue weighted by Gasteiger charge is -2.10. The Kier molecular flexibility index (Phi) is 3.58. The van der Waals surface area contributed by atoms with Crippen molar-refractivity contribution in [3.8, 4) is 0 Å². The molecule has 16 heavy (non-hydrogen) atoms. The van der Waals surface area contributed by atoms with E-state index in [-0.39, 0.29) is 11.9 Å². The molecule has 5 heteroatoms. The first kappa shape index (κ1) is 11.6. The molecule has 0 saturated heterocycles. The molecule has 4 nitrogen and oxygen atoms in total. The van der Waals surface area contributed by atoms with Crippen molar-refractivity contribution in [1.29, 1.82) is 0 Å². The van der Waals surface area contributed by atoms with Crippen LogP contribution in [-0.4, -0.2) is 26.2 Å². The Morgan fingerprint density at radius 2 is 2.38 bits per heavy atom. The number of amides is 1. The fourth-order valence-electron chi connectivity index (χ4n) is 1.74. The summed E-state index contributed by atoms with van der Waals surface area (Å²) in [6.45, 7) is 1.25. The Morgan fingerprint density at radius 3 is 3.12 bits per heavy atom. The van der Waals surface area contributed by atoms with E-state index in [4.69, 9.17) is 4.74 Å². The molecule has 0 aliphatic carbocycles. The number of carbonyl (C=O) groups is 1. The standard InChI is InChI=1S/C11H13BrN2O2/c1-16-5-4-13-10-8-3-2-7(12)6-9(8)14-11(10)15/h2-3,6,10,13H,4-5H2,1H3,(H,14,15). The topological polar surface area (TPSA) is 50.4 Å². The molecule has 1 aromatic rings. The molecule has 2 N–H and O–H groups in total. The largest absolute Gasteiger partial charge is 0.383 e. The monoisotopic (exact) mass is 284 g/mol. The normalized spacial score (nSPS) is 18.4. The molecule has 0 aromatic heterocycles. The molecule has 86 valence electrons. The lowest BCUT2D eigenvalue weighted by atomic mass is 10.1. The highest BCUT2D eigenvalue weighted by atomic mass is 79.9. The van der Waals surface area contributed by atoms with Gasteiger partial charge in [0.25, 0.3) is 0 Å². The molecule has 1 unspecified atom stereocenters. The number of methoxy groups -OCH3 is 1. The minimum Gasteiger partial charge on any atom is -0.383 e. The third-order valence-corrected chi connectivity index (χ3v) is 2.99. The molecule has 0 bridgehead atoms. The molecule has 0 radical (unpaired) electrons. The lowest BCUT2D eigenvalue weighted by Crippen LogP contribution is -2.30. The van der Waals surface area contributed by atoms with Gasteiger partial charge in [-0.25, -0.2) is 0 Å². The van der Waals surface area contributed by atoms with Crippen molar-refractivity contribution < 1.29 is 9.53 Å². The van der Waals surface area contributed by atoms with Gasteiger partial charge in [0.2, 0.25) is 5.91 Å². The summed E-state index contributed by atoms with van der Waals surface area (Å²) in [5, 5.41) is 6.00.